The number of piperidine rings is 1. The number of hydrogen-bond acceptors (Lipinski definition) is 6. The highest BCUT2D eigenvalue weighted by Gasteiger charge is 2.38. The Kier molecular flexibility index (Phi) is 10.4. The van der Waals surface area contributed by atoms with E-state index in [-0.39, 0.29) is 11.2 Å². The Morgan fingerprint density at radius 2 is 1.76 bits per heavy atom. The number of hydrogen-bond donors (Lipinski definition) is 1. The molecule has 2 fully saturated rings. The van der Waals surface area contributed by atoms with Crippen LogP contribution in [0.5, 0.6) is 0 Å². The normalized spacial score (nSPS) is 20.6. The molecule has 4 heterocycles. The SMILES string of the molecule is Cc1cc(F)ccc1CN1CCc2cc(-c3c(CN4CC[C@H](F)C4)nc(C)c([C@H](OC(C)(C)C)C(=O)O)c3N3CCC(C)(C)CC3)ccc2C1. The number of aryl methyl sites for hydroxylation is 2. The first-order valence-electron chi connectivity index (χ1n) is 18.2. The van der Waals surface area contributed by atoms with Gasteiger partial charge in [-0.05, 0) is 106 Å². The minimum Gasteiger partial charge on any atom is -0.479 e. The number of carbonyl (C=O) groups is 1. The fraction of sp³-hybridized carbons (Fsp3) is 0.561. The highest BCUT2D eigenvalue weighted by molar-refractivity contribution is 5.88. The van der Waals surface area contributed by atoms with Crippen LogP contribution in [0.2, 0.25) is 0 Å². The third-order valence-electron chi connectivity index (χ3n) is 10.7. The van der Waals surface area contributed by atoms with Gasteiger partial charge in [0.05, 0.1) is 17.0 Å². The number of ether oxygens (including phenoxy) is 1. The van der Waals surface area contributed by atoms with Gasteiger partial charge in [-0.1, -0.05) is 38.1 Å². The van der Waals surface area contributed by atoms with Gasteiger partial charge < -0.3 is 14.7 Å². The summed E-state index contributed by atoms with van der Waals surface area (Å²) < 4.78 is 34.6. The molecule has 0 aliphatic carbocycles. The molecule has 7 nitrogen and oxygen atoms in total. The van der Waals surface area contributed by atoms with E-state index in [2.05, 4.69) is 46.7 Å². The van der Waals surface area contributed by atoms with E-state index in [1.807, 2.05) is 40.7 Å². The molecule has 2 saturated heterocycles. The van der Waals surface area contributed by atoms with Crippen molar-refractivity contribution in [3.63, 3.8) is 0 Å². The van der Waals surface area contributed by atoms with E-state index in [0.717, 1.165) is 85.6 Å². The molecule has 3 aromatic rings. The van der Waals surface area contributed by atoms with Crippen molar-refractivity contribution in [1.82, 2.24) is 14.8 Å². The number of fused-ring (bicyclic) bond motifs is 1. The number of carboxylic acid groups (broad SMARTS) is 1. The Bertz CT molecular complexity index is 1730. The lowest BCUT2D eigenvalue weighted by molar-refractivity contribution is -0.160. The molecule has 0 spiro atoms. The molecule has 0 unspecified atom stereocenters. The molecule has 1 N–H and O–H groups in total. The van der Waals surface area contributed by atoms with Crippen molar-refractivity contribution in [3.8, 4) is 11.1 Å². The summed E-state index contributed by atoms with van der Waals surface area (Å²) in [7, 11) is 0. The van der Waals surface area contributed by atoms with Crippen LogP contribution in [0.25, 0.3) is 11.1 Å². The van der Waals surface area contributed by atoms with E-state index in [1.165, 1.54) is 17.2 Å². The molecule has 1 aromatic heterocycles. The molecular formula is C41H54F2N4O3. The highest BCUT2D eigenvalue weighted by Crippen LogP contribution is 2.46. The van der Waals surface area contributed by atoms with Gasteiger partial charge in [0.2, 0.25) is 0 Å². The van der Waals surface area contributed by atoms with Crippen LogP contribution >= 0.6 is 0 Å². The molecule has 0 amide bonds. The van der Waals surface area contributed by atoms with Crippen LogP contribution < -0.4 is 4.90 Å². The van der Waals surface area contributed by atoms with Gasteiger partial charge in [0.1, 0.15) is 12.0 Å². The van der Waals surface area contributed by atoms with Crippen LogP contribution in [0.3, 0.4) is 0 Å². The van der Waals surface area contributed by atoms with Crippen LogP contribution in [0, 0.1) is 25.1 Å². The maximum atomic E-state index is 14.5. The Morgan fingerprint density at radius 3 is 2.40 bits per heavy atom. The van der Waals surface area contributed by atoms with Gasteiger partial charge in [-0.3, -0.25) is 14.8 Å². The fourth-order valence-corrected chi connectivity index (χ4v) is 7.86. The van der Waals surface area contributed by atoms with Crippen molar-refractivity contribution in [3.05, 3.63) is 81.4 Å². The van der Waals surface area contributed by atoms with Gasteiger partial charge in [0.25, 0.3) is 0 Å². The molecule has 0 bridgehead atoms. The van der Waals surface area contributed by atoms with Crippen molar-refractivity contribution in [1.29, 1.82) is 0 Å². The summed E-state index contributed by atoms with van der Waals surface area (Å²) in [6.45, 7) is 19.6. The van der Waals surface area contributed by atoms with E-state index >= 15 is 0 Å². The summed E-state index contributed by atoms with van der Waals surface area (Å²) in [6.07, 6.45) is 1.26. The molecule has 270 valence electrons. The molecule has 3 aliphatic rings. The summed E-state index contributed by atoms with van der Waals surface area (Å²) in [4.78, 5) is 25.1. The number of aromatic nitrogens is 1. The van der Waals surface area contributed by atoms with Crippen LogP contribution in [-0.4, -0.2) is 70.4 Å². The van der Waals surface area contributed by atoms with Crippen LogP contribution in [0.4, 0.5) is 14.5 Å². The van der Waals surface area contributed by atoms with Crippen molar-refractivity contribution < 1.29 is 23.4 Å². The molecule has 0 radical (unpaired) electrons. The summed E-state index contributed by atoms with van der Waals surface area (Å²) in [5.74, 6) is -1.25. The molecule has 9 heteroatoms. The standard InChI is InChI=1S/C41H54F2N4O3/c1-26-20-32(42)11-10-30(26)22-45-16-12-28-21-29(8-9-31(28)23-45)36-34(25-46-17-13-33(43)24-46)44-27(2)35(38(39(48)49)50-40(3,4)5)37(36)47-18-14-41(6,7)15-19-47/h8-11,20-21,33,38H,12-19,22-25H2,1-7H3,(H,48,49)/t33-,38-/m0/s1. The number of halogens is 2. The predicted octanol–water partition coefficient (Wildman–Crippen LogP) is 8.17. The molecule has 3 aliphatic heterocycles. The van der Waals surface area contributed by atoms with Crippen molar-refractivity contribution in [2.75, 3.05) is 37.6 Å². The minimum absolute atomic E-state index is 0.186. The molecule has 6 rings (SSSR count). The maximum Gasteiger partial charge on any atom is 0.337 e. The average Bonchev–Trinajstić information content (AvgIpc) is 3.44. The van der Waals surface area contributed by atoms with Gasteiger partial charge >= 0.3 is 5.97 Å². The second kappa shape index (κ2) is 14.3. The molecule has 2 atom stereocenters. The van der Waals surface area contributed by atoms with Gasteiger partial charge in [-0.2, -0.15) is 0 Å². The van der Waals surface area contributed by atoms with Crippen molar-refractivity contribution in [2.24, 2.45) is 5.41 Å². The minimum atomic E-state index is -1.21. The maximum absolute atomic E-state index is 14.5. The van der Waals surface area contributed by atoms with Crippen LogP contribution in [0.15, 0.2) is 36.4 Å². The summed E-state index contributed by atoms with van der Waals surface area (Å²) >= 11 is 0. The van der Waals surface area contributed by atoms with E-state index in [9.17, 15) is 18.7 Å². The highest BCUT2D eigenvalue weighted by atomic mass is 19.1. The number of aliphatic carboxylic acids is 1. The largest absolute Gasteiger partial charge is 0.479 e. The quantitative estimate of drug-likeness (QED) is 0.243. The van der Waals surface area contributed by atoms with E-state index < -0.39 is 23.8 Å². The number of carboxylic acids is 1. The summed E-state index contributed by atoms with van der Waals surface area (Å²) in [6, 6.07) is 11.6. The number of rotatable bonds is 9. The fourth-order valence-electron chi connectivity index (χ4n) is 7.86. The first-order valence-corrected chi connectivity index (χ1v) is 18.2. The Hall–Kier alpha value is -3.40. The van der Waals surface area contributed by atoms with Gasteiger partial charge in [-0.15, -0.1) is 0 Å². The second-order valence-corrected chi connectivity index (χ2v) is 16.5. The Labute approximate surface area is 296 Å². The molecule has 50 heavy (non-hydrogen) atoms. The molecule has 2 aromatic carbocycles. The molecular weight excluding hydrogens is 634 g/mol. The van der Waals surface area contributed by atoms with Gasteiger partial charge in [-0.25, -0.2) is 13.6 Å². The predicted molar refractivity (Wildman–Crippen MR) is 195 cm³/mol. The van der Waals surface area contributed by atoms with Crippen molar-refractivity contribution in [2.45, 2.75) is 112 Å². The number of pyridine rings is 1. The summed E-state index contributed by atoms with van der Waals surface area (Å²) in [5.41, 5.74) is 9.01. The van der Waals surface area contributed by atoms with Crippen molar-refractivity contribution >= 4 is 11.7 Å². The first kappa shape index (κ1) is 36.4. The summed E-state index contributed by atoms with van der Waals surface area (Å²) in [5, 5.41) is 10.7. The van der Waals surface area contributed by atoms with Gasteiger partial charge in [0, 0.05) is 69.2 Å². The zero-order valence-corrected chi connectivity index (χ0v) is 30.9. The topological polar surface area (TPSA) is 69.1 Å². The Balaban J connectivity index is 1.47. The number of likely N-dealkylation sites (tertiary alicyclic amines) is 1. The zero-order valence-electron chi connectivity index (χ0n) is 30.9. The van der Waals surface area contributed by atoms with Gasteiger partial charge in [0.15, 0.2) is 6.10 Å². The number of anilines is 1. The Morgan fingerprint density at radius 1 is 1.02 bits per heavy atom. The molecule has 0 saturated carbocycles. The zero-order chi connectivity index (χ0) is 36.0. The number of nitrogens with zero attached hydrogens (tertiary/aromatic N) is 4. The smallest absolute Gasteiger partial charge is 0.337 e. The monoisotopic (exact) mass is 688 g/mol. The first-order chi connectivity index (χ1) is 23.6. The lowest BCUT2D eigenvalue weighted by atomic mass is 9.81. The van der Waals surface area contributed by atoms with E-state index in [4.69, 9.17) is 9.72 Å². The number of benzene rings is 2. The second-order valence-electron chi connectivity index (χ2n) is 16.5. The third kappa shape index (κ3) is 8.21. The number of alkyl halides is 1. The van der Waals surface area contributed by atoms with E-state index in [0.29, 0.717) is 37.3 Å². The lowest BCUT2D eigenvalue weighted by Crippen LogP contribution is -2.39. The lowest BCUT2D eigenvalue weighted by Gasteiger charge is -2.41. The van der Waals surface area contributed by atoms with Crippen LogP contribution in [0.1, 0.15) is 99.2 Å². The average molecular weight is 689 g/mol. The van der Waals surface area contributed by atoms with Crippen LogP contribution in [-0.2, 0) is 35.6 Å². The third-order valence-corrected chi connectivity index (χ3v) is 10.7. The van der Waals surface area contributed by atoms with E-state index in [1.54, 1.807) is 6.07 Å².